The molecular weight excluding hydrogens is 253 g/mol. The van der Waals surface area contributed by atoms with Crippen molar-refractivity contribution in [3.05, 3.63) is 52.9 Å². The zero-order valence-corrected chi connectivity index (χ0v) is 11.8. The Labute approximate surface area is 118 Å². The smallest absolute Gasteiger partial charge is 0.128 e. The van der Waals surface area contributed by atoms with Crippen LogP contribution in [0.1, 0.15) is 35.4 Å². The van der Waals surface area contributed by atoms with E-state index in [0.29, 0.717) is 6.54 Å². The predicted octanol–water partition coefficient (Wildman–Crippen LogP) is 2.67. The molecule has 1 N–H and O–H groups in total. The van der Waals surface area contributed by atoms with Crippen LogP contribution in [0.5, 0.6) is 0 Å². The van der Waals surface area contributed by atoms with Crippen LogP contribution in [0.15, 0.2) is 24.5 Å². The van der Waals surface area contributed by atoms with Gasteiger partial charge in [-0.25, -0.2) is 9.37 Å². The molecule has 0 aliphatic heterocycles. The Kier molecular flexibility index (Phi) is 3.83. The van der Waals surface area contributed by atoms with Crippen LogP contribution < -0.4 is 5.32 Å². The Morgan fingerprint density at radius 1 is 1.30 bits per heavy atom. The van der Waals surface area contributed by atoms with Crippen LogP contribution in [0, 0.1) is 5.82 Å². The van der Waals surface area contributed by atoms with Crippen LogP contribution >= 0.6 is 0 Å². The number of aromatic nitrogens is 2. The van der Waals surface area contributed by atoms with Gasteiger partial charge in [0.1, 0.15) is 5.82 Å². The van der Waals surface area contributed by atoms with E-state index in [1.54, 1.807) is 6.07 Å². The molecule has 3 rings (SSSR count). The molecule has 0 fully saturated rings. The summed E-state index contributed by atoms with van der Waals surface area (Å²) in [5.74, 6) is -0.136. The molecule has 3 nitrogen and oxygen atoms in total. The summed E-state index contributed by atoms with van der Waals surface area (Å²) in [6, 6.07) is 5.34. The quantitative estimate of drug-likeness (QED) is 0.928. The fraction of sp³-hybridized carbons (Fsp3) is 0.438. The Morgan fingerprint density at radius 2 is 2.15 bits per heavy atom. The van der Waals surface area contributed by atoms with Crippen LogP contribution in [-0.4, -0.2) is 16.6 Å². The van der Waals surface area contributed by atoms with E-state index in [1.165, 1.54) is 24.2 Å². The number of hydrogen-bond acceptors (Lipinski definition) is 2. The fourth-order valence-corrected chi connectivity index (χ4v) is 2.91. The Bertz CT molecular complexity index is 604. The molecule has 0 amide bonds. The van der Waals surface area contributed by atoms with Crippen LogP contribution in [0.25, 0.3) is 0 Å². The minimum Gasteiger partial charge on any atom is -0.330 e. The van der Waals surface area contributed by atoms with E-state index in [0.717, 1.165) is 30.5 Å². The number of benzene rings is 1. The highest BCUT2D eigenvalue weighted by atomic mass is 19.1. The average molecular weight is 273 g/mol. The first-order valence-corrected chi connectivity index (χ1v) is 7.22. The molecule has 0 unspecified atom stereocenters. The highest BCUT2D eigenvalue weighted by Crippen LogP contribution is 2.21. The molecule has 2 aromatic rings. The van der Waals surface area contributed by atoms with Crippen molar-refractivity contribution in [2.75, 3.05) is 7.05 Å². The summed E-state index contributed by atoms with van der Waals surface area (Å²) in [5, 5.41) is 3.10. The second-order valence-corrected chi connectivity index (χ2v) is 5.43. The summed E-state index contributed by atoms with van der Waals surface area (Å²) in [7, 11) is 1.90. The summed E-state index contributed by atoms with van der Waals surface area (Å²) in [5.41, 5.74) is 4.33. The van der Waals surface area contributed by atoms with E-state index < -0.39 is 0 Å². The number of imidazole rings is 1. The Hall–Kier alpha value is -1.68. The highest BCUT2D eigenvalue weighted by molar-refractivity contribution is 5.27. The molecular formula is C16H20FN3. The van der Waals surface area contributed by atoms with E-state index in [-0.39, 0.29) is 5.82 Å². The van der Waals surface area contributed by atoms with Gasteiger partial charge < -0.3 is 9.88 Å². The standard InChI is InChI=1S/C16H20FN3/c1-18-9-12-6-7-14(17)13(8-12)10-20-11-19-15-4-2-3-5-16(15)20/h6-8,11,18H,2-5,9-10H2,1H3. The minimum atomic E-state index is -0.136. The maximum absolute atomic E-state index is 14.0. The van der Waals surface area contributed by atoms with Gasteiger partial charge in [-0.05, 0) is 50.4 Å². The molecule has 1 aliphatic rings. The first kappa shape index (κ1) is 13.3. The van der Waals surface area contributed by atoms with Gasteiger partial charge in [0.25, 0.3) is 0 Å². The zero-order valence-electron chi connectivity index (χ0n) is 11.8. The van der Waals surface area contributed by atoms with Crippen molar-refractivity contribution >= 4 is 0 Å². The molecule has 1 aliphatic carbocycles. The van der Waals surface area contributed by atoms with Gasteiger partial charge in [0, 0.05) is 17.8 Å². The maximum Gasteiger partial charge on any atom is 0.128 e. The second-order valence-electron chi connectivity index (χ2n) is 5.43. The van der Waals surface area contributed by atoms with Crippen molar-refractivity contribution < 1.29 is 4.39 Å². The lowest BCUT2D eigenvalue weighted by atomic mass is 10.0. The molecule has 0 radical (unpaired) electrons. The Morgan fingerprint density at radius 3 is 3.00 bits per heavy atom. The number of nitrogens with zero attached hydrogens (tertiary/aromatic N) is 2. The van der Waals surface area contributed by atoms with Gasteiger partial charge in [-0.3, -0.25) is 0 Å². The van der Waals surface area contributed by atoms with Crippen LogP contribution in [-0.2, 0) is 25.9 Å². The van der Waals surface area contributed by atoms with Crippen molar-refractivity contribution in [1.82, 2.24) is 14.9 Å². The van der Waals surface area contributed by atoms with Gasteiger partial charge >= 0.3 is 0 Å². The molecule has 4 heteroatoms. The van der Waals surface area contributed by atoms with Gasteiger partial charge in [0.2, 0.25) is 0 Å². The van der Waals surface area contributed by atoms with E-state index in [4.69, 9.17) is 0 Å². The summed E-state index contributed by atoms with van der Waals surface area (Å²) in [6.07, 6.45) is 6.41. The van der Waals surface area contributed by atoms with Crippen molar-refractivity contribution in [3.63, 3.8) is 0 Å². The highest BCUT2D eigenvalue weighted by Gasteiger charge is 2.16. The molecule has 1 aromatic heterocycles. The molecule has 1 heterocycles. The molecule has 0 bridgehead atoms. The van der Waals surface area contributed by atoms with E-state index in [9.17, 15) is 4.39 Å². The number of rotatable bonds is 4. The first-order valence-electron chi connectivity index (χ1n) is 7.22. The third kappa shape index (κ3) is 2.61. The van der Waals surface area contributed by atoms with Crippen LogP contribution in [0.4, 0.5) is 4.39 Å². The topological polar surface area (TPSA) is 29.9 Å². The molecule has 0 saturated heterocycles. The normalized spacial score (nSPS) is 14.3. The van der Waals surface area contributed by atoms with E-state index >= 15 is 0 Å². The van der Waals surface area contributed by atoms with Gasteiger partial charge in [0.15, 0.2) is 0 Å². The second kappa shape index (κ2) is 5.75. The van der Waals surface area contributed by atoms with Crippen molar-refractivity contribution in [1.29, 1.82) is 0 Å². The summed E-state index contributed by atoms with van der Waals surface area (Å²) in [4.78, 5) is 4.47. The third-order valence-electron chi connectivity index (χ3n) is 3.94. The fourth-order valence-electron chi connectivity index (χ4n) is 2.91. The molecule has 106 valence electrons. The van der Waals surface area contributed by atoms with Crippen LogP contribution in [0.2, 0.25) is 0 Å². The lowest BCUT2D eigenvalue weighted by Gasteiger charge is -2.15. The Balaban J connectivity index is 1.87. The number of fused-ring (bicyclic) bond motifs is 1. The van der Waals surface area contributed by atoms with Gasteiger partial charge in [-0.2, -0.15) is 0 Å². The van der Waals surface area contributed by atoms with E-state index in [2.05, 4.69) is 14.9 Å². The van der Waals surface area contributed by atoms with Gasteiger partial charge in [-0.1, -0.05) is 6.07 Å². The largest absolute Gasteiger partial charge is 0.330 e. The zero-order chi connectivity index (χ0) is 13.9. The van der Waals surface area contributed by atoms with Crippen molar-refractivity contribution in [2.45, 2.75) is 38.8 Å². The van der Waals surface area contributed by atoms with Crippen molar-refractivity contribution in [3.8, 4) is 0 Å². The van der Waals surface area contributed by atoms with Crippen molar-refractivity contribution in [2.24, 2.45) is 0 Å². The third-order valence-corrected chi connectivity index (χ3v) is 3.94. The monoisotopic (exact) mass is 273 g/mol. The average Bonchev–Trinajstić information content (AvgIpc) is 2.86. The lowest BCUT2D eigenvalue weighted by Crippen LogP contribution is -2.11. The summed E-state index contributed by atoms with van der Waals surface area (Å²) in [6.45, 7) is 1.33. The van der Waals surface area contributed by atoms with Crippen LogP contribution in [0.3, 0.4) is 0 Å². The molecule has 20 heavy (non-hydrogen) atoms. The van der Waals surface area contributed by atoms with E-state index in [1.807, 2.05) is 25.5 Å². The number of hydrogen-bond donors (Lipinski definition) is 1. The predicted molar refractivity (Wildman–Crippen MR) is 77.1 cm³/mol. The number of nitrogens with one attached hydrogen (secondary N) is 1. The molecule has 1 aromatic carbocycles. The van der Waals surface area contributed by atoms with Gasteiger partial charge in [0.05, 0.1) is 18.6 Å². The molecule has 0 atom stereocenters. The SMILES string of the molecule is CNCc1ccc(F)c(Cn2cnc3c2CCCC3)c1. The number of halogens is 1. The molecule has 0 saturated carbocycles. The first-order chi connectivity index (χ1) is 9.78. The summed E-state index contributed by atoms with van der Waals surface area (Å²) >= 11 is 0. The maximum atomic E-state index is 14.0. The minimum absolute atomic E-state index is 0.136. The van der Waals surface area contributed by atoms with Gasteiger partial charge in [-0.15, -0.1) is 0 Å². The summed E-state index contributed by atoms with van der Waals surface area (Å²) < 4.78 is 16.1. The molecule has 0 spiro atoms. The number of aryl methyl sites for hydroxylation is 1. The lowest BCUT2D eigenvalue weighted by molar-refractivity contribution is 0.584.